The van der Waals surface area contributed by atoms with Crippen LogP contribution in [-0.4, -0.2) is 11.6 Å². The average molecular weight is 224 g/mol. The molecule has 0 bridgehead atoms. The zero-order valence-electron chi connectivity index (χ0n) is 9.62. The Hall–Kier alpha value is -1.96. The van der Waals surface area contributed by atoms with Gasteiger partial charge in [-0.3, -0.25) is 9.59 Å². The van der Waals surface area contributed by atoms with Gasteiger partial charge in [0.25, 0.3) is 0 Å². The molecule has 1 aromatic rings. The number of hydrogen-bond donors (Lipinski definition) is 0. The van der Waals surface area contributed by atoms with E-state index in [1.165, 1.54) is 0 Å². The first-order valence-corrected chi connectivity index (χ1v) is 5.75. The Bertz CT molecular complexity index is 603. The monoisotopic (exact) mass is 224 g/mol. The van der Waals surface area contributed by atoms with Crippen molar-refractivity contribution in [1.29, 1.82) is 0 Å². The van der Waals surface area contributed by atoms with Gasteiger partial charge in [0.1, 0.15) is 0 Å². The van der Waals surface area contributed by atoms with Crippen LogP contribution in [-0.2, 0) is 0 Å². The number of benzene rings is 1. The van der Waals surface area contributed by atoms with Crippen LogP contribution in [0.3, 0.4) is 0 Å². The van der Waals surface area contributed by atoms with Crippen molar-refractivity contribution in [3.8, 4) is 0 Å². The van der Waals surface area contributed by atoms with E-state index < -0.39 is 0 Å². The molecule has 0 atom stereocenters. The highest BCUT2D eigenvalue weighted by atomic mass is 16.1. The highest BCUT2D eigenvalue weighted by Crippen LogP contribution is 2.32. The van der Waals surface area contributed by atoms with Crippen molar-refractivity contribution in [3.05, 3.63) is 58.2 Å². The van der Waals surface area contributed by atoms with Crippen LogP contribution in [0.25, 0.3) is 0 Å². The van der Waals surface area contributed by atoms with Crippen molar-refractivity contribution < 1.29 is 9.59 Å². The van der Waals surface area contributed by atoms with Gasteiger partial charge in [0, 0.05) is 22.3 Å². The lowest BCUT2D eigenvalue weighted by Gasteiger charge is -2.22. The Labute approximate surface area is 99.6 Å². The number of carbonyl (C=O) groups is 2. The molecule has 0 radical (unpaired) electrons. The largest absolute Gasteiger partial charge is 0.289 e. The first-order valence-electron chi connectivity index (χ1n) is 5.75. The molecule has 84 valence electrons. The van der Waals surface area contributed by atoms with Gasteiger partial charge in [0.15, 0.2) is 11.6 Å². The third-order valence-corrected chi connectivity index (χ3v) is 3.39. The van der Waals surface area contributed by atoms with Gasteiger partial charge in [-0.25, -0.2) is 0 Å². The number of ketones is 2. The summed E-state index contributed by atoms with van der Waals surface area (Å²) >= 11 is 0. The molecule has 17 heavy (non-hydrogen) atoms. The molecule has 2 nitrogen and oxygen atoms in total. The van der Waals surface area contributed by atoms with Crippen LogP contribution in [0.2, 0.25) is 0 Å². The summed E-state index contributed by atoms with van der Waals surface area (Å²) in [6, 6.07) is 5.47. The van der Waals surface area contributed by atoms with E-state index in [0.29, 0.717) is 35.1 Å². The molecular weight excluding hydrogens is 212 g/mol. The Balaban J connectivity index is 2.22. The predicted octanol–water partition coefficient (Wildman–Crippen LogP) is 3.02. The van der Waals surface area contributed by atoms with Crippen molar-refractivity contribution in [1.82, 2.24) is 0 Å². The summed E-state index contributed by atoms with van der Waals surface area (Å²) < 4.78 is 0. The summed E-state index contributed by atoms with van der Waals surface area (Å²) in [5.41, 5.74) is 3.53. The van der Waals surface area contributed by atoms with Crippen molar-refractivity contribution in [3.63, 3.8) is 0 Å². The Kier molecular flexibility index (Phi) is 2.11. The molecule has 0 aliphatic heterocycles. The molecule has 0 aromatic heterocycles. The van der Waals surface area contributed by atoms with E-state index in [1.54, 1.807) is 6.07 Å². The van der Waals surface area contributed by atoms with E-state index in [2.05, 4.69) is 0 Å². The minimum absolute atomic E-state index is 0.0268. The quantitative estimate of drug-likeness (QED) is 0.635. The summed E-state index contributed by atoms with van der Waals surface area (Å²) in [6.07, 6.45) is 5.11. The van der Waals surface area contributed by atoms with Crippen LogP contribution in [0.15, 0.2) is 41.5 Å². The molecular formula is C15H12O2. The summed E-state index contributed by atoms with van der Waals surface area (Å²) in [5.74, 6) is 0.0570. The summed E-state index contributed by atoms with van der Waals surface area (Å²) in [5, 5.41) is 0. The molecule has 3 rings (SSSR count). The van der Waals surface area contributed by atoms with Crippen LogP contribution in [0.4, 0.5) is 0 Å². The maximum absolute atomic E-state index is 12.3. The van der Waals surface area contributed by atoms with Crippen molar-refractivity contribution in [2.24, 2.45) is 0 Å². The van der Waals surface area contributed by atoms with Crippen LogP contribution < -0.4 is 0 Å². The van der Waals surface area contributed by atoms with Gasteiger partial charge in [-0.05, 0) is 25.8 Å². The molecule has 0 spiro atoms. The number of Topliss-reactive ketones (excluding diaryl/α,β-unsaturated/α-hetero) is 2. The van der Waals surface area contributed by atoms with Crippen molar-refractivity contribution >= 4 is 11.6 Å². The lowest BCUT2D eigenvalue weighted by molar-refractivity contribution is 0.0970. The molecule has 0 unspecified atom stereocenters. The molecule has 2 aliphatic rings. The first-order chi connectivity index (χ1) is 8.18. The van der Waals surface area contributed by atoms with Crippen LogP contribution in [0, 0.1) is 6.92 Å². The SMILES string of the molecule is Cc1ccc2c(c1)C(=O)C1=C(CC=CC1)C2=O. The van der Waals surface area contributed by atoms with Crippen LogP contribution in [0.1, 0.15) is 39.1 Å². The van der Waals surface area contributed by atoms with Crippen molar-refractivity contribution in [2.75, 3.05) is 0 Å². The normalized spacial score (nSPS) is 18.2. The average Bonchev–Trinajstić information content (AvgIpc) is 2.36. The molecule has 0 saturated carbocycles. The zero-order valence-corrected chi connectivity index (χ0v) is 9.62. The standard InChI is InChI=1S/C15H12O2/c1-9-6-7-12-13(8-9)15(17)11-5-3-2-4-10(11)14(12)16/h2-3,6-8H,4-5H2,1H3. The van der Waals surface area contributed by atoms with Gasteiger partial charge in [-0.15, -0.1) is 0 Å². The van der Waals surface area contributed by atoms with E-state index in [-0.39, 0.29) is 11.6 Å². The highest BCUT2D eigenvalue weighted by Gasteiger charge is 2.31. The van der Waals surface area contributed by atoms with Gasteiger partial charge in [0.05, 0.1) is 0 Å². The van der Waals surface area contributed by atoms with E-state index >= 15 is 0 Å². The molecule has 0 fully saturated rings. The fraction of sp³-hybridized carbons (Fsp3) is 0.200. The molecule has 2 aliphatic carbocycles. The molecule has 0 N–H and O–H groups in total. The Morgan fingerprint density at radius 1 is 0.882 bits per heavy atom. The van der Waals surface area contributed by atoms with E-state index in [9.17, 15) is 9.59 Å². The van der Waals surface area contributed by atoms with Gasteiger partial charge < -0.3 is 0 Å². The molecule has 2 heteroatoms. The van der Waals surface area contributed by atoms with E-state index in [1.807, 2.05) is 31.2 Å². The van der Waals surface area contributed by atoms with Crippen LogP contribution in [0.5, 0.6) is 0 Å². The van der Waals surface area contributed by atoms with Gasteiger partial charge in [-0.2, -0.15) is 0 Å². The minimum Gasteiger partial charge on any atom is -0.289 e. The third kappa shape index (κ3) is 1.41. The lowest BCUT2D eigenvalue weighted by atomic mass is 9.79. The summed E-state index contributed by atoms with van der Waals surface area (Å²) in [7, 11) is 0. The molecule has 0 amide bonds. The maximum Gasteiger partial charge on any atom is 0.190 e. The number of hydrogen-bond acceptors (Lipinski definition) is 2. The third-order valence-electron chi connectivity index (χ3n) is 3.39. The van der Waals surface area contributed by atoms with Gasteiger partial charge >= 0.3 is 0 Å². The zero-order chi connectivity index (χ0) is 12.0. The van der Waals surface area contributed by atoms with Crippen LogP contribution >= 0.6 is 0 Å². The Morgan fingerprint density at radius 3 is 2.12 bits per heavy atom. The van der Waals surface area contributed by atoms with E-state index in [0.717, 1.165) is 5.56 Å². The second kappa shape index (κ2) is 3.52. The highest BCUT2D eigenvalue weighted by molar-refractivity contribution is 6.27. The fourth-order valence-corrected chi connectivity index (χ4v) is 2.48. The lowest BCUT2D eigenvalue weighted by Crippen LogP contribution is -2.23. The smallest absolute Gasteiger partial charge is 0.190 e. The van der Waals surface area contributed by atoms with Crippen molar-refractivity contribution in [2.45, 2.75) is 19.8 Å². The number of fused-ring (bicyclic) bond motifs is 1. The van der Waals surface area contributed by atoms with Gasteiger partial charge in [-0.1, -0.05) is 29.8 Å². The van der Waals surface area contributed by atoms with E-state index in [4.69, 9.17) is 0 Å². The maximum atomic E-state index is 12.3. The molecule has 0 heterocycles. The topological polar surface area (TPSA) is 34.1 Å². The molecule has 1 aromatic carbocycles. The molecule has 0 saturated heterocycles. The van der Waals surface area contributed by atoms with Gasteiger partial charge in [0.2, 0.25) is 0 Å². The fourth-order valence-electron chi connectivity index (χ4n) is 2.48. The second-order valence-corrected chi connectivity index (χ2v) is 4.54. The predicted molar refractivity (Wildman–Crippen MR) is 65.2 cm³/mol. The summed E-state index contributed by atoms with van der Waals surface area (Å²) in [4.78, 5) is 24.6. The number of carbonyl (C=O) groups excluding carboxylic acids is 2. The second-order valence-electron chi connectivity index (χ2n) is 4.54. The minimum atomic E-state index is 0.0268. The first kappa shape index (κ1) is 10.2. The number of rotatable bonds is 0. The number of allylic oxidation sites excluding steroid dienone is 4. The number of aryl methyl sites for hydroxylation is 1. The Morgan fingerprint density at radius 2 is 1.47 bits per heavy atom. The summed E-state index contributed by atoms with van der Waals surface area (Å²) in [6.45, 7) is 1.93.